The van der Waals surface area contributed by atoms with Gasteiger partial charge in [0, 0.05) is 25.2 Å². The highest BCUT2D eigenvalue weighted by Crippen LogP contribution is 2.19. The van der Waals surface area contributed by atoms with Crippen LogP contribution in [0.3, 0.4) is 0 Å². The molecule has 8 heteroatoms. The number of ether oxygens (including phenoxy) is 2. The van der Waals surface area contributed by atoms with Gasteiger partial charge in [-0.2, -0.15) is 0 Å². The molecule has 0 saturated carbocycles. The first-order valence-electron chi connectivity index (χ1n) is 6.08. The van der Waals surface area contributed by atoms with Crippen LogP contribution in [0.5, 0.6) is 0 Å². The number of carbonyl (C=O) groups excluding carboxylic acids is 2. The van der Waals surface area contributed by atoms with Crippen LogP contribution in [0, 0.1) is 10.1 Å². The zero-order valence-electron chi connectivity index (χ0n) is 11.7. The average Bonchev–Trinajstić information content (AvgIpc) is 2.46. The van der Waals surface area contributed by atoms with Gasteiger partial charge in [-0.15, -0.1) is 0 Å². The van der Waals surface area contributed by atoms with E-state index in [9.17, 15) is 19.7 Å². The first-order chi connectivity index (χ1) is 9.99. The molecule has 0 bridgehead atoms. The average molecular weight is 296 g/mol. The number of nitro groups is 1. The number of amides is 1. The summed E-state index contributed by atoms with van der Waals surface area (Å²) < 4.78 is 9.26. The number of nitrogens with zero attached hydrogens (tertiary/aromatic N) is 1. The van der Waals surface area contributed by atoms with Crippen LogP contribution in [0.1, 0.15) is 5.56 Å². The minimum absolute atomic E-state index is 0.0424. The molecule has 1 aromatic rings. The quantitative estimate of drug-likeness (QED) is 0.444. The highest BCUT2D eigenvalue weighted by Gasteiger charge is 2.25. The first-order valence-corrected chi connectivity index (χ1v) is 6.08. The van der Waals surface area contributed by atoms with E-state index in [0.717, 1.165) is 0 Å². The van der Waals surface area contributed by atoms with Crippen molar-refractivity contribution in [2.24, 2.45) is 0 Å². The Morgan fingerprint density at radius 1 is 1.33 bits per heavy atom. The highest BCUT2D eigenvalue weighted by atomic mass is 16.6. The van der Waals surface area contributed by atoms with Crippen LogP contribution in [0.25, 0.3) is 0 Å². The molecule has 0 spiro atoms. The standard InChI is InChI=1S/C13H16N2O6/c1-20-8-12(16)14-10(13(17)21-2)7-9-5-3-4-6-11(9)15(18)19/h3-6,10H,7-8H2,1-2H3,(H,14,16)/t10-/m1/s1. The highest BCUT2D eigenvalue weighted by molar-refractivity contribution is 5.85. The van der Waals surface area contributed by atoms with Crippen molar-refractivity contribution in [2.45, 2.75) is 12.5 Å². The number of hydrogen-bond acceptors (Lipinski definition) is 6. The fourth-order valence-corrected chi connectivity index (χ4v) is 1.78. The van der Waals surface area contributed by atoms with E-state index in [1.165, 1.54) is 32.4 Å². The van der Waals surface area contributed by atoms with Crippen molar-refractivity contribution in [1.29, 1.82) is 0 Å². The molecule has 0 heterocycles. The number of nitrogens with one attached hydrogen (secondary N) is 1. The number of rotatable bonds is 7. The second-order valence-corrected chi connectivity index (χ2v) is 4.17. The van der Waals surface area contributed by atoms with Gasteiger partial charge in [-0.1, -0.05) is 18.2 Å². The molecule has 0 fully saturated rings. The number of hydrogen-bond donors (Lipinski definition) is 1. The van der Waals surface area contributed by atoms with Crippen LogP contribution in [0.4, 0.5) is 5.69 Å². The third-order valence-corrected chi connectivity index (χ3v) is 2.71. The van der Waals surface area contributed by atoms with Crippen molar-refractivity contribution < 1.29 is 24.0 Å². The van der Waals surface area contributed by atoms with E-state index in [0.29, 0.717) is 5.56 Å². The van der Waals surface area contributed by atoms with E-state index in [-0.39, 0.29) is 18.7 Å². The van der Waals surface area contributed by atoms with E-state index in [2.05, 4.69) is 14.8 Å². The molecule has 0 radical (unpaired) electrons. The van der Waals surface area contributed by atoms with Crippen LogP contribution >= 0.6 is 0 Å². The normalized spacial score (nSPS) is 11.5. The molecule has 0 aliphatic rings. The summed E-state index contributed by atoms with van der Waals surface area (Å²) in [7, 11) is 2.52. The third kappa shape index (κ3) is 4.84. The lowest BCUT2D eigenvalue weighted by Gasteiger charge is -2.16. The van der Waals surface area contributed by atoms with Crippen LogP contribution in [-0.4, -0.2) is 43.7 Å². The Balaban J connectivity index is 2.94. The maximum absolute atomic E-state index is 11.7. The van der Waals surface area contributed by atoms with Crippen molar-refractivity contribution in [1.82, 2.24) is 5.32 Å². The molecule has 0 unspecified atom stereocenters. The van der Waals surface area contributed by atoms with Gasteiger partial charge in [0.25, 0.3) is 5.69 Å². The molecule has 0 saturated heterocycles. The topological polar surface area (TPSA) is 108 Å². The Kier molecular flexibility index (Phi) is 6.28. The predicted octanol–water partition coefficient (Wildman–Crippen LogP) is 0.441. The number of carbonyl (C=O) groups is 2. The number of methoxy groups -OCH3 is 2. The second kappa shape index (κ2) is 7.95. The molecular weight excluding hydrogens is 280 g/mol. The van der Waals surface area contributed by atoms with Crippen LogP contribution in [0.15, 0.2) is 24.3 Å². The maximum atomic E-state index is 11.7. The van der Waals surface area contributed by atoms with Gasteiger partial charge in [0.2, 0.25) is 5.91 Å². The van der Waals surface area contributed by atoms with Crippen molar-refractivity contribution in [2.75, 3.05) is 20.8 Å². The van der Waals surface area contributed by atoms with E-state index in [4.69, 9.17) is 0 Å². The second-order valence-electron chi connectivity index (χ2n) is 4.17. The number of para-hydroxylation sites is 1. The van der Waals surface area contributed by atoms with Gasteiger partial charge in [0.05, 0.1) is 12.0 Å². The zero-order chi connectivity index (χ0) is 15.8. The van der Waals surface area contributed by atoms with Crippen molar-refractivity contribution in [3.8, 4) is 0 Å². The Morgan fingerprint density at radius 2 is 2.00 bits per heavy atom. The van der Waals surface area contributed by atoms with Crippen LogP contribution < -0.4 is 5.32 Å². The largest absolute Gasteiger partial charge is 0.467 e. The molecule has 1 N–H and O–H groups in total. The Labute approximate surface area is 121 Å². The van der Waals surface area contributed by atoms with Crippen LogP contribution in [-0.2, 0) is 25.5 Å². The molecule has 114 valence electrons. The molecule has 1 atom stereocenters. The number of nitro benzene ring substituents is 1. The summed E-state index contributed by atoms with van der Waals surface area (Å²) in [5.41, 5.74) is 0.211. The smallest absolute Gasteiger partial charge is 0.328 e. The number of benzene rings is 1. The van der Waals surface area contributed by atoms with Gasteiger partial charge in [0.15, 0.2) is 0 Å². The van der Waals surface area contributed by atoms with Crippen LogP contribution in [0.2, 0.25) is 0 Å². The summed E-state index contributed by atoms with van der Waals surface area (Å²) in [5.74, 6) is -1.19. The first kappa shape index (κ1) is 16.6. The summed E-state index contributed by atoms with van der Waals surface area (Å²) in [6.07, 6.45) is -0.0424. The lowest BCUT2D eigenvalue weighted by Crippen LogP contribution is -2.44. The third-order valence-electron chi connectivity index (χ3n) is 2.71. The van der Waals surface area contributed by atoms with E-state index < -0.39 is 22.8 Å². The molecule has 1 aromatic carbocycles. The Bertz CT molecular complexity index is 531. The maximum Gasteiger partial charge on any atom is 0.328 e. The summed E-state index contributed by atoms with van der Waals surface area (Å²) in [5, 5.41) is 13.4. The molecule has 0 aliphatic heterocycles. The summed E-state index contributed by atoms with van der Waals surface area (Å²) in [4.78, 5) is 33.6. The van der Waals surface area contributed by atoms with Gasteiger partial charge >= 0.3 is 5.97 Å². The summed E-state index contributed by atoms with van der Waals surface area (Å²) in [6.45, 7) is -0.218. The molecule has 8 nitrogen and oxygen atoms in total. The van der Waals surface area contributed by atoms with Crippen molar-refractivity contribution in [3.05, 3.63) is 39.9 Å². The minimum Gasteiger partial charge on any atom is -0.467 e. The van der Waals surface area contributed by atoms with Gasteiger partial charge in [-0.25, -0.2) is 4.79 Å². The van der Waals surface area contributed by atoms with Crippen molar-refractivity contribution in [3.63, 3.8) is 0 Å². The summed E-state index contributed by atoms with van der Waals surface area (Å²) >= 11 is 0. The SMILES string of the molecule is COCC(=O)N[C@H](Cc1ccccc1[N+](=O)[O-])C(=O)OC. The lowest BCUT2D eigenvalue weighted by molar-refractivity contribution is -0.385. The molecular formula is C13H16N2O6. The van der Waals surface area contributed by atoms with E-state index >= 15 is 0 Å². The fourth-order valence-electron chi connectivity index (χ4n) is 1.78. The predicted molar refractivity (Wildman–Crippen MR) is 72.6 cm³/mol. The Hall–Kier alpha value is -2.48. The minimum atomic E-state index is -1.02. The molecule has 21 heavy (non-hydrogen) atoms. The number of esters is 1. The van der Waals surface area contributed by atoms with Gasteiger partial charge < -0.3 is 14.8 Å². The fraction of sp³-hybridized carbons (Fsp3) is 0.385. The molecule has 0 aliphatic carbocycles. The molecule has 1 amide bonds. The lowest BCUT2D eigenvalue weighted by atomic mass is 10.0. The van der Waals surface area contributed by atoms with Gasteiger partial charge in [-0.3, -0.25) is 14.9 Å². The monoisotopic (exact) mass is 296 g/mol. The molecule has 1 rings (SSSR count). The molecule has 0 aromatic heterocycles. The Morgan fingerprint density at radius 3 is 2.57 bits per heavy atom. The van der Waals surface area contributed by atoms with E-state index in [1.54, 1.807) is 6.07 Å². The van der Waals surface area contributed by atoms with Crippen molar-refractivity contribution >= 4 is 17.6 Å². The van der Waals surface area contributed by atoms with Gasteiger partial charge in [-0.05, 0) is 0 Å². The van der Waals surface area contributed by atoms with E-state index in [1.807, 2.05) is 0 Å². The van der Waals surface area contributed by atoms with Gasteiger partial charge in [0.1, 0.15) is 12.6 Å². The summed E-state index contributed by atoms with van der Waals surface area (Å²) in [6, 6.07) is 4.99. The zero-order valence-corrected chi connectivity index (χ0v) is 11.7.